The van der Waals surface area contributed by atoms with Gasteiger partial charge >= 0.3 is 8.56 Å². The van der Waals surface area contributed by atoms with Gasteiger partial charge < -0.3 is 13.0 Å². The Morgan fingerprint density at radius 2 is 1.46 bits per heavy atom. The molecule has 7 heteroatoms. The summed E-state index contributed by atoms with van der Waals surface area (Å²) in [5.41, 5.74) is 0. The maximum Gasteiger partial charge on any atom is 0.310 e. The highest BCUT2D eigenvalue weighted by atomic mass is 28.5. The van der Waals surface area contributed by atoms with Crippen molar-refractivity contribution in [3.8, 4) is 0 Å². The summed E-state index contributed by atoms with van der Waals surface area (Å²) in [4.78, 5) is 7.14. The van der Waals surface area contributed by atoms with Gasteiger partial charge in [0.15, 0.2) is 8.32 Å². The van der Waals surface area contributed by atoms with Crippen molar-refractivity contribution in [1.82, 2.24) is 0 Å². The van der Waals surface area contributed by atoms with E-state index in [0.717, 1.165) is 0 Å². The highest BCUT2D eigenvalue weighted by molar-refractivity contribution is 6.82. The Kier molecular flexibility index (Phi) is 8.83. The molecule has 0 atom stereocenters. The van der Waals surface area contributed by atoms with Crippen LogP contribution in [-0.4, -0.2) is 41.9 Å². The Bertz CT molecular complexity index is 124. The van der Waals surface area contributed by atoms with Gasteiger partial charge in [0, 0.05) is 0 Å². The summed E-state index contributed by atoms with van der Waals surface area (Å²) in [5, 5.41) is 0. The molecule has 0 aromatic rings. The van der Waals surface area contributed by atoms with E-state index in [4.69, 9.17) is 13.0 Å². The SMILES string of the molecule is C[SiH2]O[Si](C)(C)O[Si](C)(C)C.O[SiH3]. The van der Waals surface area contributed by atoms with Crippen LogP contribution in [0.1, 0.15) is 0 Å². The summed E-state index contributed by atoms with van der Waals surface area (Å²) >= 11 is 0. The lowest BCUT2D eigenvalue weighted by molar-refractivity contribution is 0.412. The fraction of sp³-hybridized carbons (Fsp3) is 1.00. The second-order valence-corrected chi connectivity index (χ2v) is 13.6. The average molecular weight is 257 g/mol. The third-order valence-corrected chi connectivity index (χ3v) is 9.40. The van der Waals surface area contributed by atoms with Gasteiger partial charge in [-0.15, -0.1) is 0 Å². The Morgan fingerprint density at radius 3 is 1.69 bits per heavy atom. The van der Waals surface area contributed by atoms with E-state index in [2.05, 4.69) is 39.3 Å². The van der Waals surface area contributed by atoms with Crippen LogP contribution in [0, 0.1) is 0 Å². The average Bonchev–Trinajstić information content (AvgIpc) is 1.85. The topological polar surface area (TPSA) is 38.7 Å². The minimum Gasteiger partial charge on any atom is -0.442 e. The summed E-state index contributed by atoms with van der Waals surface area (Å²) in [5.74, 6) is 0. The van der Waals surface area contributed by atoms with Crippen LogP contribution in [0.15, 0.2) is 0 Å². The minimum atomic E-state index is -1.72. The normalized spacial score (nSPS) is 13.2. The van der Waals surface area contributed by atoms with Gasteiger partial charge in [0.1, 0.15) is 20.2 Å². The van der Waals surface area contributed by atoms with E-state index in [-0.39, 0.29) is 9.76 Å². The molecule has 3 nitrogen and oxygen atoms in total. The van der Waals surface area contributed by atoms with Gasteiger partial charge in [-0.1, -0.05) is 6.55 Å². The molecular formula is C6H24O3Si4. The highest BCUT2D eigenvalue weighted by Crippen LogP contribution is 2.14. The van der Waals surface area contributed by atoms with Crippen molar-refractivity contribution in [3.63, 3.8) is 0 Å². The molecule has 0 aliphatic carbocycles. The second-order valence-electron chi connectivity index (χ2n) is 4.05. The van der Waals surface area contributed by atoms with Crippen molar-refractivity contribution in [2.24, 2.45) is 0 Å². The molecule has 0 aliphatic rings. The van der Waals surface area contributed by atoms with Crippen LogP contribution in [0.4, 0.5) is 0 Å². The molecule has 0 aliphatic heterocycles. The molecule has 0 rings (SSSR count). The largest absolute Gasteiger partial charge is 0.442 e. The zero-order valence-electron chi connectivity index (χ0n) is 9.97. The van der Waals surface area contributed by atoms with Crippen molar-refractivity contribution >= 4 is 37.1 Å². The molecule has 0 radical (unpaired) electrons. The van der Waals surface area contributed by atoms with E-state index in [0.29, 0.717) is 10.5 Å². The summed E-state index contributed by atoms with van der Waals surface area (Å²) < 4.78 is 11.7. The van der Waals surface area contributed by atoms with Crippen LogP contribution in [0.5, 0.6) is 0 Å². The third-order valence-electron chi connectivity index (χ3n) is 1.04. The third kappa shape index (κ3) is 12.7. The van der Waals surface area contributed by atoms with E-state index in [9.17, 15) is 0 Å². The molecule has 0 saturated carbocycles. The van der Waals surface area contributed by atoms with Gasteiger partial charge in [-0.05, 0) is 32.7 Å². The van der Waals surface area contributed by atoms with Crippen LogP contribution < -0.4 is 0 Å². The Balaban J connectivity index is 0. The first kappa shape index (κ1) is 16.2. The smallest absolute Gasteiger partial charge is 0.310 e. The van der Waals surface area contributed by atoms with Gasteiger partial charge in [-0.2, -0.15) is 0 Å². The summed E-state index contributed by atoms with van der Waals surface area (Å²) in [6.45, 7) is 13.1. The maximum absolute atomic E-state index is 7.14. The van der Waals surface area contributed by atoms with E-state index >= 15 is 0 Å². The highest BCUT2D eigenvalue weighted by Gasteiger charge is 2.30. The van der Waals surface area contributed by atoms with Crippen LogP contribution in [0.2, 0.25) is 39.3 Å². The molecule has 13 heavy (non-hydrogen) atoms. The number of hydrogen-bond donors (Lipinski definition) is 1. The quantitative estimate of drug-likeness (QED) is 0.717. The maximum atomic E-state index is 7.14. The van der Waals surface area contributed by atoms with Gasteiger partial charge in [0.2, 0.25) is 0 Å². The minimum absolute atomic E-state index is 0.300. The van der Waals surface area contributed by atoms with Crippen molar-refractivity contribution in [3.05, 3.63) is 0 Å². The molecule has 1 N–H and O–H groups in total. The molecule has 0 aromatic carbocycles. The molecule has 82 valence electrons. The van der Waals surface area contributed by atoms with E-state index < -0.39 is 16.9 Å². The Labute approximate surface area is 89.7 Å². The molecule has 0 aromatic heterocycles. The first-order chi connectivity index (χ1) is 5.77. The monoisotopic (exact) mass is 256 g/mol. The first-order valence-corrected chi connectivity index (χ1v) is 13.7. The molecule has 0 spiro atoms. The molecule has 0 bridgehead atoms. The van der Waals surface area contributed by atoms with Crippen molar-refractivity contribution in [1.29, 1.82) is 0 Å². The molecule has 0 fully saturated rings. The lowest BCUT2D eigenvalue weighted by atomic mass is 11.8. The predicted octanol–water partition coefficient (Wildman–Crippen LogP) is -0.0527. The lowest BCUT2D eigenvalue weighted by Crippen LogP contribution is -2.45. The fourth-order valence-corrected chi connectivity index (χ4v) is 10.6. The predicted molar refractivity (Wildman–Crippen MR) is 69.6 cm³/mol. The molecule has 0 amide bonds. The number of hydrogen-bond acceptors (Lipinski definition) is 3. The zero-order valence-corrected chi connectivity index (χ0v) is 15.4. The van der Waals surface area contributed by atoms with Crippen LogP contribution in [-0.2, 0) is 8.23 Å². The van der Waals surface area contributed by atoms with Crippen molar-refractivity contribution in [2.75, 3.05) is 0 Å². The number of rotatable bonds is 4. The van der Waals surface area contributed by atoms with Gasteiger partial charge in [0.05, 0.1) is 0 Å². The fourth-order valence-electron chi connectivity index (χ4n) is 1.11. The van der Waals surface area contributed by atoms with Crippen LogP contribution in [0.25, 0.3) is 0 Å². The molecule has 0 unspecified atom stereocenters. The molecule has 0 saturated heterocycles. The Hall–Kier alpha value is 0.748. The van der Waals surface area contributed by atoms with Crippen molar-refractivity contribution < 1.29 is 13.0 Å². The first-order valence-electron chi connectivity index (χ1n) is 4.56. The molecule has 0 heterocycles. The Morgan fingerprint density at radius 1 is 1.08 bits per heavy atom. The van der Waals surface area contributed by atoms with Crippen LogP contribution in [0.3, 0.4) is 0 Å². The lowest BCUT2D eigenvalue weighted by Gasteiger charge is -2.30. The zero-order chi connectivity index (χ0) is 11.1. The van der Waals surface area contributed by atoms with Gasteiger partial charge in [-0.3, -0.25) is 0 Å². The van der Waals surface area contributed by atoms with E-state index in [1.54, 1.807) is 0 Å². The summed E-state index contributed by atoms with van der Waals surface area (Å²) in [6.07, 6.45) is 0. The second kappa shape index (κ2) is 7.09. The summed E-state index contributed by atoms with van der Waals surface area (Å²) in [7, 11) is -3.08. The molecular weight excluding hydrogens is 232 g/mol. The summed E-state index contributed by atoms with van der Waals surface area (Å²) in [6, 6.07) is 0. The van der Waals surface area contributed by atoms with Gasteiger partial charge in [-0.25, -0.2) is 0 Å². The van der Waals surface area contributed by atoms with E-state index in [1.165, 1.54) is 0 Å². The standard InChI is InChI=1S/C6H20O2Si3.H4OSi/c1-9-7-11(5,6)8-10(2,3)4;1-2/h9H2,1-6H3;1H,2H3. The van der Waals surface area contributed by atoms with E-state index in [1.807, 2.05) is 0 Å². The van der Waals surface area contributed by atoms with Crippen molar-refractivity contribution in [2.45, 2.75) is 39.3 Å². The van der Waals surface area contributed by atoms with Crippen LogP contribution >= 0.6 is 0 Å². The van der Waals surface area contributed by atoms with Gasteiger partial charge in [0.25, 0.3) is 0 Å².